The van der Waals surface area contributed by atoms with Crippen LogP contribution >= 0.6 is 11.3 Å². The topological polar surface area (TPSA) is 63.4 Å². The Morgan fingerprint density at radius 3 is 2.70 bits per heavy atom. The zero-order valence-electron chi connectivity index (χ0n) is 12.3. The van der Waals surface area contributed by atoms with Gasteiger partial charge < -0.3 is 10.6 Å². The highest BCUT2D eigenvalue weighted by atomic mass is 32.1. The van der Waals surface area contributed by atoms with Gasteiger partial charge in [0.1, 0.15) is 0 Å². The van der Waals surface area contributed by atoms with Gasteiger partial charge in [-0.1, -0.05) is 6.92 Å². The number of carbonyl (C=O) groups is 2. The molecular weight excluding hydrogens is 272 g/mol. The Balaban J connectivity index is 2.19. The fourth-order valence-electron chi connectivity index (χ4n) is 2.74. The first-order valence-corrected chi connectivity index (χ1v) is 7.95. The molecule has 110 valence electrons. The van der Waals surface area contributed by atoms with Crippen molar-refractivity contribution >= 4 is 23.2 Å². The van der Waals surface area contributed by atoms with Crippen molar-refractivity contribution in [1.29, 1.82) is 0 Å². The summed E-state index contributed by atoms with van der Waals surface area (Å²) in [7, 11) is 0. The third kappa shape index (κ3) is 2.87. The highest BCUT2D eigenvalue weighted by molar-refractivity contribution is 7.14. The summed E-state index contributed by atoms with van der Waals surface area (Å²) in [5.74, 6) is -0.468. The van der Waals surface area contributed by atoms with Gasteiger partial charge in [-0.3, -0.25) is 9.59 Å². The molecule has 0 spiro atoms. The van der Waals surface area contributed by atoms with Crippen LogP contribution in [0.2, 0.25) is 0 Å². The summed E-state index contributed by atoms with van der Waals surface area (Å²) in [6.07, 6.45) is 2.57. The number of rotatable bonds is 3. The van der Waals surface area contributed by atoms with Crippen LogP contribution in [0.25, 0.3) is 0 Å². The molecule has 2 rings (SSSR count). The Bertz CT molecular complexity index is 524. The minimum Gasteiger partial charge on any atom is -0.369 e. The first-order valence-electron chi connectivity index (χ1n) is 7.13. The molecule has 5 heteroatoms. The number of hydrogen-bond donors (Lipinski definition) is 1. The summed E-state index contributed by atoms with van der Waals surface area (Å²) >= 11 is 1.57. The number of primary amides is 1. The molecule has 2 heterocycles. The summed E-state index contributed by atoms with van der Waals surface area (Å²) < 4.78 is 0. The molecule has 0 unspecified atom stereocenters. The van der Waals surface area contributed by atoms with Crippen molar-refractivity contribution in [3.05, 3.63) is 21.4 Å². The molecule has 1 aromatic heterocycles. The summed E-state index contributed by atoms with van der Waals surface area (Å²) in [6.45, 7) is 6.63. The number of carbonyl (C=O) groups excluding carboxylic acids is 2. The first-order chi connectivity index (χ1) is 9.43. The normalized spacial score (nSPS) is 22.9. The van der Waals surface area contributed by atoms with Crippen molar-refractivity contribution < 1.29 is 9.59 Å². The molecule has 0 radical (unpaired) electrons. The van der Waals surface area contributed by atoms with Crippen molar-refractivity contribution in [3.63, 3.8) is 0 Å². The van der Waals surface area contributed by atoms with Gasteiger partial charge in [-0.15, -0.1) is 11.3 Å². The van der Waals surface area contributed by atoms with E-state index in [2.05, 4.69) is 6.92 Å². The van der Waals surface area contributed by atoms with Crippen LogP contribution in [-0.4, -0.2) is 29.3 Å². The molecule has 2 amide bonds. The van der Waals surface area contributed by atoms with E-state index in [1.54, 1.807) is 11.3 Å². The lowest BCUT2D eigenvalue weighted by Crippen LogP contribution is -2.48. The largest absolute Gasteiger partial charge is 0.369 e. The van der Waals surface area contributed by atoms with Gasteiger partial charge in [0, 0.05) is 17.5 Å². The van der Waals surface area contributed by atoms with Gasteiger partial charge in [0.15, 0.2) is 0 Å². The molecule has 1 aromatic rings. The minimum atomic E-state index is -0.300. The molecule has 0 aromatic carbocycles. The van der Waals surface area contributed by atoms with Crippen molar-refractivity contribution in [1.82, 2.24) is 4.90 Å². The number of likely N-dealkylation sites (tertiary alicyclic amines) is 1. The molecule has 2 atom stereocenters. The molecule has 1 saturated heterocycles. The molecule has 1 fully saturated rings. The highest BCUT2D eigenvalue weighted by Crippen LogP contribution is 2.28. The zero-order chi connectivity index (χ0) is 14.9. The smallest absolute Gasteiger partial charge is 0.264 e. The van der Waals surface area contributed by atoms with Gasteiger partial charge in [-0.05, 0) is 44.7 Å². The molecule has 0 saturated carbocycles. The lowest BCUT2D eigenvalue weighted by Gasteiger charge is -2.36. The number of thiophene rings is 1. The van der Waals surface area contributed by atoms with Crippen LogP contribution in [-0.2, 0) is 11.2 Å². The molecule has 0 aliphatic carbocycles. The third-order valence-electron chi connectivity index (χ3n) is 4.10. The van der Waals surface area contributed by atoms with Crippen LogP contribution in [0.15, 0.2) is 6.07 Å². The van der Waals surface area contributed by atoms with Gasteiger partial charge in [0.05, 0.1) is 10.8 Å². The first kappa shape index (κ1) is 15.0. The predicted octanol–water partition coefficient (Wildman–Crippen LogP) is 2.34. The van der Waals surface area contributed by atoms with E-state index in [0.717, 1.165) is 24.1 Å². The van der Waals surface area contributed by atoms with Crippen LogP contribution in [0.1, 0.15) is 46.8 Å². The quantitative estimate of drug-likeness (QED) is 0.930. The molecule has 20 heavy (non-hydrogen) atoms. The van der Waals surface area contributed by atoms with E-state index in [0.29, 0.717) is 6.54 Å². The fraction of sp³-hybridized carbons (Fsp3) is 0.600. The number of piperidine rings is 1. The minimum absolute atomic E-state index is 0.0382. The van der Waals surface area contributed by atoms with E-state index in [1.165, 1.54) is 10.4 Å². The van der Waals surface area contributed by atoms with Gasteiger partial charge in [0.25, 0.3) is 5.91 Å². The summed E-state index contributed by atoms with van der Waals surface area (Å²) in [6, 6.07) is 2.14. The number of aryl methyl sites for hydroxylation is 2. The standard InChI is InChI=1S/C15H22N2O2S/c1-4-12-9(2)7-13(20-12)15(19)17-8-11(14(16)18)6-5-10(17)3/h7,10-11H,4-6,8H2,1-3H3,(H2,16,18)/t10-,11-/m0/s1. The third-order valence-corrected chi connectivity index (χ3v) is 5.47. The predicted molar refractivity (Wildman–Crippen MR) is 80.9 cm³/mol. The van der Waals surface area contributed by atoms with E-state index in [9.17, 15) is 9.59 Å². The molecule has 1 aliphatic heterocycles. The fourth-order valence-corrected chi connectivity index (χ4v) is 3.81. The summed E-state index contributed by atoms with van der Waals surface area (Å²) in [4.78, 5) is 27.8. The van der Waals surface area contributed by atoms with Crippen LogP contribution in [0.4, 0.5) is 0 Å². The molecular formula is C15H22N2O2S. The maximum absolute atomic E-state index is 12.6. The van der Waals surface area contributed by atoms with Gasteiger partial charge in [-0.2, -0.15) is 0 Å². The Morgan fingerprint density at radius 1 is 1.45 bits per heavy atom. The second-order valence-corrected chi connectivity index (χ2v) is 6.69. The second-order valence-electron chi connectivity index (χ2n) is 5.55. The Labute approximate surface area is 124 Å². The number of hydrogen-bond acceptors (Lipinski definition) is 3. The van der Waals surface area contributed by atoms with E-state index < -0.39 is 0 Å². The van der Waals surface area contributed by atoms with Gasteiger partial charge >= 0.3 is 0 Å². The van der Waals surface area contributed by atoms with Crippen LogP contribution in [0.3, 0.4) is 0 Å². The maximum Gasteiger partial charge on any atom is 0.264 e. The van der Waals surface area contributed by atoms with Gasteiger partial charge in [0.2, 0.25) is 5.91 Å². The SMILES string of the molecule is CCc1sc(C(=O)N2C[C@@H](C(N)=O)CC[C@@H]2C)cc1C. The highest BCUT2D eigenvalue weighted by Gasteiger charge is 2.32. The molecule has 4 nitrogen and oxygen atoms in total. The summed E-state index contributed by atoms with van der Waals surface area (Å²) in [5.41, 5.74) is 6.57. The van der Waals surface area contributed by atoms with Gasteiger partial charge in [-0.25, -0.2) is 0 Å². The molecule has 1 aliphatic rings. The van der Waals surface area contributed by atoms with Crippen molar-refractivity contribution in [2.45, 2.75) is 46.1 Å². The van der Waals surface area contributed by atoms with Crippen molar-refractivity contribution in [2.75, 3.05) is 6.54 Å². The lowest BCUT2D eigenvalue weighted by atomic mass is 9.93. The number of amides is 2. The van der Waals surface area contributed by atoms with Crippen LogP contribution < -0.4 is 5.73 Å². The van der Waals surface area contributed by atoms with E-state index in [4.69, 9.17) is 5.73 Å². The molecule has 2 N–H and O–H groups in total. The lowest BCUT2D eigenvalue weighted by molar-refractivity contribution is -0.123. The van der Waals surface area contributed by atoms with E-state index >= 15 is 0 Å². The van der Waals surface area contributed by atoms with Crippen LogP contribution in [0.5, 0.6) is 0 Å². The summed E-state index contributed by atoms with van der Waals surface area (Å²) in [5, 5.41) is 0. The number of nitrogens with zero attached hydrogens (tertiary/aromatic N) is 1. The second kappa shape index (κ2) is 5.95. The zero-order valence-corrected chi connectivity index (χ0v) is 13.1. The average Bonchev–Trinajstić information content (AvgIpc) is 2.79. The Kier molecular flexibility index (Phi) is 4.48. The molecule has 0 bridgehead atoms. The Hall–Kier alpha value is -1.36. The average molecular weight is 294 g/mol. The van der Waals surface area contributed by atoms with E-state index in [1.807, 2.05) is 24.8 Å². The van der Waals surface area contributed by atoms with Crippen molar-refractivity contribution in [3.8, 4) is 0 Å². The monoisotopic (exact) mass is 294 g/mol. The number of nitrogens with two attached hydrogens (primary N) is 1. The van der Waals surface area contributed by atoms with E-state index in [-0.39, 0.29) is 23.8 Å². The maximum atomic E-state index is 12.6. The Morgan fingerprint density at radius 2 is 2.15 bits per heavy atom. The van der Waals surface area contributed by atoms with Crippen LogP contribution in [0, 0.1) is 12.8 Å². The van der Waals surface area contributed by atoms with Crippen molar-refractivity contribution in [2.24, 2.45) is 11.7 Å².